The molecule has 1 aliphatic rings. The van der Waals surface area contributed by atoms with E-state index in [9.17, 15) is 4.79 Å². The number of hydrogen-bond acceptors (Lipinski definition) is 4. The Morgan fingerprint density at radius 3 is 3.00 bits per heavy atom. The number of ether oxygens (including phenoxy) is 1. The number of rotatable bonds is 4. The Balaban J connectivity index is 1.73. The number of carbonyl (C=O) groups excluding carboxylic acids is 1. The second kappa shape index (κ2) is 6.66. The van der Waals surface area contributed by atoms with Crippen LogP contribution in [0.15, 0.2) is 12.4 Å². The lowest BCUT2D eigenvalue weighted by Crippen LogP contribution is -2.22. The summed E-state index contributed by atoms with van der Waals surface area (Å²) in [5.41, 5.74) is 0. The zero-order valence-electron chi connectivity index (χ0n) is 10.1. The Morgan fingerprint density at radius 1 is 1.44 bits per heavy atom. The van der Waals surface area contributed by atoms with Crippen LogP contribution in [0.4, 0.5) is 5.82 Å². The highest BCUT2D eigenvalue weighted by atomic mass is 35.5. The zero-order valence-corrected chi connectivity index (χ0v) is 10.8. The van der Waals surface area contributed by atoms with Crippen LogP contribution in [-0.2, 0) is 9.53 Å². The van der Waals surface area contributed by atoms with E-state index in [2.05, 4.69) is 15.3 Å². The van der Waals surface area contributed by atoms with Gasteiger partial charge in [0.1, 0.15) is 5.15 Å². The minimum absolute atomic E-state index is 0.0687. The molecule has 1 atom stereocenters. The van der Waals surface area contributed by atoms with E-state index >= 15 is 0 Å². The lowest BCUT2D eigenvalue weighted by Gasteiger charge is -2.22. The lowest BCUT2D eigenvalue weighted by atomic mass is 10.0. The van der Waals surface area contributed by atoms with Gasteiger partial charge < -0.3 is 10.1 Å². The van der Waals surface area contributed by atoms with Gasteiger partial charge in [0.15, 0.2) is 5.82 Å². The van der Waals surface area contributed by atoms with Crippen molar-refractivity contribution in [3.8, 4) is 0 Å². The summed E-state index contributed by atoms with van der Waals surface area (Å²) >= 11 is 5.61. The standard InChI is InChI=1S/C12H16ClN3O2/c13-10-7-15-11(8-14-10)16-12(17)5-4-9-3-1-2-6-18-9/h7-9H,1-6H2,(H,15,16,17). The van der Waals surface area contributed by atoms with Crippen molar-refractivity contribution in [1.29, 1.82) is 0 Å². The van der Waals surface area contributed by atoms with E-state index in [1.165, 1.54) is 18.8 Å². The fourth-order valence-corrected chi connectivity index (χ4v) is 2.01. The average Bonchev–Trinajstić information content (AvgIpc) is 2.40. The molecule has 1 amide bonds. The first-order valence-corrected chi connectivity index (χ1v) is 6.51. The molecule has 1 aliphatic heterocycles. The Hall–Kier alpha value is -1.20. The SMILES string of the molecule is O=C(CCC1CCCCO1)Nc1cnc(Cl)cn1. The van der Waals surface area contributed by atoms with Gasteiger partial charge in [-0.1, -0.05) is 11.6 Å². The molecule has 2 heterocycles. The van der Waals surface area contributed by atoms with Gasteiger partial charge in [0.05, 0.1) is 18.5 Å². The van der Waals surface area contributed by atoms with Crippen LogP contribution >= 0.6 is 11.6 Å². The molecule has 98 valence electrons. The van der Waals surface area contributed by atoms with Gasteiger partial charge in [-0.15, -0.1) is 0 Å². The first-order chi connectivity index (χ1) is 8.74. The fourth-order valence-electron chi connectivity index (χ4n) is 1.91. The summed E-state index contributed by atoms with van der Waals surface area (Å²) in [6.45, 7) is 0.814. The van der Waals surface area contributed by atoms with Crippen molar-refractivity contribution in [3.63, 3.8) is 0 Å². The zero-order chi connectivity index (χ0) is 12.8. The summed E-state index contributed by atoms with van der Waals surface area (Å²) in [6, 6.07) is 0. The van der Waals surface area contributed by atoms with Gasteiger partial charge in [-0.25, -0.2) is 9.97 Å². The molecule has 0 aliphatic carbocycles. The van der Waals surface area contributed by atoms with Crippen LogP contribution in [0.3, 0.4) is 0 Å². The van der Waals surface area contributed by atoms with E-state index in [1.54, 1.807) is 0 Å². The maximum Gasteiger partial charge on any atom is 0.225 e. The van der Waals surface area contributed by atoms with Crippen molar-refractivity contribution < 1.29 is 9.53 Å². The van der Waals surface area contributed by atoms with E-state index < -0.39 is 0 Å². The topological polar surface area (TPSA) is 64.1 Å². The van der Waals surface area contributed by atoms with Crippen LogP contribution in [0.5, 0.6) is 0 Å². The van der Waals surface area contributed by atoms with Crippen molar-refractivity contribution in [1.82, 2.24) is 9.97 Å². The normalized spacial score (nSPS) is 19.5. The number of carbonyl (C=O) groups is 1. The van der Waals surface area contributed by atoms with Crippen LogP contribution in [0, 0.1) is 0 Å². The van der Waals surface area contributed by atoms with Crippen LogP contribution in [0.25, 0.3) is 0 Å². The molecule has 2 rings (SSSR count). The van der Waals surface area contributed by atoms with E-state index in [-0.39, 0.29) is 12.0 Å². The Morgan fingerprint density at radius 2 is 2.33 bits per heavy atom. The number of amides is 1. The van der Waals surface area contributed by atoms with Gasteiger partial charge in [0.2, 0.25) is 5.91 Å². The largest absolute Gasteiger partial charge is 0.378 e. The number of aromatic nitrogens is 2. The van der Waals surface area contributed by atoms with Crippen molar-refractivity contribution in [2.24, 2.45) is 0 Å². The number of hydrogen-bond donors (Lipinski definition) is 1. The second-order valence-electron chi connectivity index (χ2n) is 4.30. The predicted molar refractivity (Wildman–Crippen MR) is 68.5 cm³/mol. The molecule has 0 radical (unpaired) electrons. The third-order valence-electron chi connectivity index (χ3n) is 2.86. The Bertz CT molecular complexity index is 391. The molecular formula is C12H16ClN3O2. The maximum absolute atomic E-state index is 11.7. The molecule has 5 nitrogen and oxygen atoms in total. The average molecular weight is 270 g/mol. The van der Waals surface area contributed by atoms with E-state index in [4.69, 9.17) is 16.3 Å². The predicted octanol–water partition coefficient (Wildman–Crippen LogP) is 2.42. The van der Waals surface area contributed by atoms with Crippen molar-refractivity contribution in [2.75, 3.05) is 11.9 Å². The summed E-state index contributed by atoms with van der Waals surface area (Å²) in [5.74, 6) is 0.356. The van der Waals surface area contributed by atoms with Crippen LogP contribution in [-0.4, -0.2) is 28.6 Å². The van der Waals surface area contributed by atoms with Crippen molar-refractivity contribution >= 4 is 23.3 Å². The lowest BCUT2D eigenvalue weighted by molar-refractivity contribution is -0.117. The summed E-state index contributed by atoms with van der Waals surface area (Å²) in [5, 5.41) is 2.99. The quantitative estimate of drug-likeness (QED) is 0.912. The molecule has 0 saturated carbocycles. The molecule has 1 aromatic heterocycles. The highest BCUT2D eigenvalue weighted by Crippen LogP contribution is 2.17. The van der Waals surface area contributed by atoms with Gasteiger partial charge in [-0.3, -0.25) is 4.79 Å². The molecule has 1 N–H and O–H groups in total. The van der Waals surface area contributed by atoms with Gasteiger partial charge in [-0.05, 0) is 25.7 Å². The van der Waals surface area contributed by atoms with Crippen molar-refractivity contribution in [2.45, 2.75) is 38.2 Å². The Kier molecular flexibility index (Phi) is 4.90. The third kappa shape index (κ3) is 4.23. The van der Waals surface area contributed by atoms with E-state index in [0.717, 1.165) is 25.9 Å². The summed E-state index contributed by atoms with van der Waals surface area (Å²) in [6.07, 6.45) is 7.63. The van der Waals surface area contributed by atoms with Gasteiger partial charge in [0, 0.05) is 13.0 Å². The van der Waals surface area contributed by atoms with Gasteiger partial charge in [0.25, 0.3) is 0 Å². The highest BCUT2D eigenvalue weighted by Gasteiger charge is 2.15. The highest BCUT2D eigenvalue weighted by molar-refractivity contribution is 6.29. The molecule has 1 unspecified atom stereocenters. The Labute approximate surface area is 111 Å². The molecule has 0 aromatic carbocycles. The molecule has 18 heavy (non-hydrogen) atoms. The van der Waals surface area contributed by atoms with Crippen LogP contribution in [0.2, 0.25) is 5.15 Å². The summed E-state index contributed by atoms with van der Waals surface area (Å²) < 4.78 is 5.57. The number of anilines is 1. The molecule has 0 spiro atoms. The minimum atomic E-state index is -0.0687. The molecule has 0 bridgehead atoms. The fraction of sp³-hybridized carbons (Fsp3) is 0.583. The monoisotopic (exact) mass is 269 g/mol. The number of nitrogens with zero attached hydrogens (tertiary/aromatic N) is 2. The number of nitrogens with one attached hydrogen (secondary N) is 1. The summed E-state index contributed by atoms with van der Waals surface area (Å²) in [4.78, 5) is 19.5. The number of halogens is 1. The van der Waals surface area contributed by atoms with Crippen LogP contribution in [0.1, 0.15) is 32.1 Å². The molecular weight excluding hydrogens is 254 g/mol. The molecule has 6 heteroatoms. The smallest absolute Gasteiger partial charge is 0.225 e. The maximum atomic E-state index is 11.7. The van der Waals surface area contributed by atoms with Crippen LogP contribution < -0.4 is 5.32 Å². The third-order valence-corrected chi connectivity index (χ3v) is 3.05. The molecule has 1 fully saturated rings. The van der Waals surface area contributed by atoms with E-state index in [0.29, 0.717) is 17.4 Å². The van der Waals surface area contributed by atoms with Crippen molar-refractivity contribution in [3.05, 3.63) is 17.5 Å². The first-order valence-electron chi connectivity index (χ1n) is 6.13. The molecule has 1 aromatic rings. The minimum Gasteiger partial charge on any atom is -0.378 e. The van der Waals surface area contributed by atoms with Gasteiger partial charge >= 0.3 is 0 Å². The van der Waals surface area contributed by atoms with Gasteiger partial charge in [-0.2, -0.15) is 0 Å². The second-order valence-corrected chi connectivity index (χ2v) is 4.69. The van der Waals surface area contributed by atoms with E-state index in [1.807, 2.05) is 0 Å². The first kappa shape index (κ1) is 13.2. The molecule has 1 saturated heterocycles. The summed E-state index contributed by atoms with van der Waals surface area (Å²) in [7, 11) is 0.